The zero-order chi connectivity index (χ0) is 25.1. The Morgan fingerprint density at radius 2 is 1.75 bits per heavy atom. The quantitative estimate of drug-likeness (QED) is 0.572. The molecule has 0 radical (unpaired) electrons. The number of fused-ring (bicyclic) bond motifs is 1. The third-order valence-electron chi connectivity index (χ3n) is 7.77. The zero-order valence-corrected chi connectivity index (χ0v) is 22.0. The first kappa shape index (κ1) is 24.9. The lowest BCUT2D eigenvalue weighted by atomic mass is 9.83. The van der Waals surface area contributed by atoms with E-state index in [0.717, 1.165) is 68.2 Å². The van der Waals surface area contributed by atoms with Crippen molar-refractivity contribution < 1.29 is 14.3 Å². The first-order valence-electron chi connectivity index (χ1n) is 12.9. The first-order chi connectivity index (χ1) is 17.5. The van der Waals surface area contributed by atoms with Gasteiger partial charge in [-0.2, -0.15) is 0 Å². The summed E-state index contributed by atoms with van der Waals surface area (Å²) < 4.78 is 5.47. The van der Waals surface area contributed by atoms with Gasteiger partial charge in [0.1, 0.15) is 5.75 Å². The van der Waals surface area contributed by atoms with Crippen LogP contribution in [0.15, 0.2) is 59.5 Å². The molecule has 1 saturated carbocycles. The molecule has 2 amide bonds. The van der Waals surface area contributed by atoms with Crippen molar-refractivity contribution in [3.63, 3.8) is 0 Å². The molecule has 36 heavy (non-hydrogen) atoms. The number of hydrogen-bond acceptors (Lipinski definition) is 5. The summed E-state index contributed by atoms with van der Waals surface area (Å²) in [7, 11) is 3.54. The van der Waals surface area contributed by atoms with E-state index in [1.54, 1.807) is 18.9 Å². The Morgan fingerprint density at radius 1 is 1.03 bits per heavy atom. The molecule has 0 bridgehead atoms. The van der Waals surface area contributed by atoms with Crippen molar-refractivity contribution in [2.24, 2.45) is 5.92 Å². The van der Waals surface area contributed by atoms with Gasteiger partial charge in [0.2, 0.25) is 5.91 Å². The van der Waals surface area contributed by atoms with Crippen molar-refractivity contribution in [1.82, 2.24) is 14.7 Å². The van der Waals surface area contributed by atoms with Crippen LogP contribution in [0.25, 0.3) is 6.08 Å². The van der Waals surface area contributed by atoms with Gasteiger partial charge in [-0.15, -0.1) is 11.8 Å². The van der Waals surface area contributed by atoms with Crippen LogP contribution in [0.2, 0.25) is 0 Å². The molecule has 2 heterocycles. The van der Waals surface area contributed by atoms with Gasteiger partial charge in [-0.05, 0) is 37.0 Å². The summed E-state index contributed by atoms with van der Waals surface area (Å²) in [6.07, 6.45) is 4.54. The summed E-state index contributed by atoms with van der Waals surface area (Å²) in [5.41, 5.74) is 2.23. The van der Waals surface area contributed by atoms with Gasteiger partial charge in [-0.1, -0.05) is 48.5 Å². The van der Waals surface area contributed by atoms with Gasteiger partial charge < -0.3 is 14.5 Å². The number of thioether (sulfide) groups is 1. The Morgan fingerprint density at radius 3 is 2.50 bits per heavy atom. The maximum absolute atomic E-state index is 13.4. The molecule has 3 aliphatic rings. The number of carbonyl (C=O) groups is 2. The Hall–Kier alpha value is -2.77. The molecule has 0 spiro atoms. The number of likely N-dealkylation sites (N-methyl/N-ethyl adjacent to an activating group) is 1. The van der Waals surface area contributed by atoms with Gasteiger partial charge in [-0.3, -0.25) is 14.5 Å². The summed E-state index contributed by atoms with van der Waals surface area (Å²) in [5, 5.41) is 0.320. The van der Waals surface area contributed by atoms with E-state index < -0.39 is 0 Å². The van der Waals surface area contributed by atoms with Crippen LogP contribution < -0.4 is 4.74 Å². The second-order valence-corrected chi connectivity index (χ2v) is 11.3. The van der Waals surface area contributed by atoms with Crippen molar-refractivity contribution in [3.05, 3.63) is 70.6 Å². The fourth-order valence-electron chi connectivity index (χ4n) is 5.68. The van der Waals surface area contributed by atoms with Crippen LogP contribution in [0.4, 0.5) is 0 Å². The fraction of sp³-hybridized carbons (Fsp3) is 0.448. The van der Waals surface area contributed by atoms with Crippen molar-refractivity contribution in [3.8, 4) is 5.75 Å². The smallest absolute Gasteiger partial charge is 0.260 e. The highest BCUT2D eigenvalue weighted by Gasteiger charge is 2.43. The third kappa shape index (κ3) is 5.32. The molecule has 0 aromatic heterocycles. The summed E-state index contributed by atoms with van der Waals surface area (Å²) in [5.74, 6) is 1.08. The lowest BCUT2D eigenvalue weighted by Gasteiger charge is -2.45. The van der Waals surface area contributed by atoms with E-state index in [9.17, 15) is 9.59 Å². The third-order valence-corrected chi connectivity index (χ3v) is 9.17. The number of para-hydroxylation sites is 1. The van der Waals surface area contributed by atoms with Crippen molar-refractivity contribution in [2.45, 2.75) is 37.1 Å². The van der Waals surface area contributed by atoms with Gasteiger partial charge >= 0.3 is 0 Å². The molecule has 2 saturated heterocycles. The van der Waals surface area contributed by atoms with Crippen LogP contribution in [-0.4, -0.2) is 78.1 Å². The second-order valence-electron chi connectivity index (χ2n) is 9.99. The average molecular weight is 506 g/mol. The van der Waals surface area contributed by atoms with Gasteiger partial charge in [0.15, 0.2) is 0 Å². The molecule has 190 valence electrons. The highest BCUT2D eigenvalue weighted by molar-refractivity contribution is 8.04. The molecule has 2 aromatic carbocycles. The van der Waals surface area contributed by atoms with E-state index in [1.807, 2.05) is 48.4 Å². The Kier molecular flexibility index (Phi) is 7.67. The van der Waals surface area contributed by atoms with Gasteiger partial charge in [0.05, 0.1) is 12.0 Å². The van der Waals surface area contributed by atoms with Gasteiger partial charge in [0.25, 0.3) is 5.91 Å². The number of rotatable bonds is 5. The number of benzene rings is 2. The van der Waals surface area contributed by atoms with Crippen LogP contribution in [0.3, 0.4) is 0 Å². The van der Waals surface area contributed by atoms with Crippen LogP contribution in [0, 0.1) is 5.92 Å². The molecule has 3 atom stereocenters. The van der Waals surface area contributed by atoms with Gasteiger partial charge in [0, 0.05) is 62.5 Å². The van der Waals surface area contributed by atoms with E-state index in [0.29, 0.717) is 5.25 Å². The predicted molar refractivity (Wildman–Crippen MR) is 145 cm³/mol. The van der Waals surface area contributed by atoms with Crippen LogP contribution in [0.5, 0.6) is 5.75 Å². The lowest BCUT2D eigenvalue weighted by molar-refractivity contribution is -0.140. The topological polar surface area (TPSA) is 53.1 Å². The molecule has 2 aliphatic heterocycles. The van der Waals surface area contributed by atoms with E-state index in [2.05, 4.69) is 34.1 Å². The minimum Gasteiger partial charge on any atom is -0.496 e. The van der Waals surface area contributed by atoms with E-state index in [-0.39, 0.29) is 23.8 Å². The highest BCUT2D eigenvalue weighted by Crippen LogP contribution is 2.44. The maximum atomic E-state index is 13.4. The van der Waals surface area contributed by atoms with Crippen LogP contribution in [-0.2, 0) is 16.1 Å². The Labute approximate surface area is 218 Å². The molecule has 1 aliphatic carbocycles. The number of nitrogens with zero attached hydrogens (tertiary/aromatic N) is 3. The summed E-state index contributed by atoms with van der Waals surface area (Å²) in [4.78, 5) is 33.8. The Balaban J connectivity index is 1.18. The number of methoxy groups -OCH3 is 1. The Bertz CT molecular complexity index is 1110. The molecule has 0 N–H and O–H groups in total. The molecule has 7 heteroatoms. The largest absolute Gasteiger partial charge is 0.496 e. The standard InChI is InChI=1S/C29H35N3O3S/c1-30-24-18-23(28(33)32-16-14-31(15-17-32)20-21-8-4-3-5-9-21)12-13-26(24)36-27(29(30)34)19-22-10-6-7-11-25(22)35-2/h3-11,19,23-24,26H,12-18,20H2,1-2H3/b27-19-. The minimum absolute atomic E-state index is 0.00233. The SMILES string of the molecule is COc1ccccc1/C=C1\SC2CCC(C(=O)N3CCN(Cc4ccccc4)CC3)CC2N(C)C1=O. The van der Waals surface area contributed by atoms with Crippen molar-refractivity contribution in [2.75, 3.05) is 40.3 Å². The summed E-state index contributed by atoms with van der Waals surface area (Å²) in [6, 6.07) is 18.4. The molecular formula is C29H35N3O3S. The zero-order valence-electron chi connectivity index (χ0n) is 21.1. The number of amides is 2. The van der Waals surface area contributed by atoms with Gasteiger partial charge in [-0.25, -0.2) is 0 Å². The summed E-state index contributed by atoms with van der Waals surface area (Å²) >= 11 is 1.67. The second kappa shape index (κ2) is 11.1. The average Bonchev–Trinajstić information content (AvgIpc) is 2.92. The molecule has 6 nitrogen and oxygen atoms in total. The van der Waals surface area contributed by atoms with Crippen molar-refractivity contribution >= 4 is 29.7 Å². The van der Waals surface area contributed by atoms with E-state index in [1.165, 1.54) is 5.56 Å². The number of piperazine rings is 1. The molecular weight excluding hydrogens is 470 g/mol. The number of carbonyl (C=O) groups excluding carboxylic acids is 2. The number of ether oxygens (including phenoxy) is 1. The lowest BCUT2D eigenvalue weighted by Crippen LogP contribution is -2.54. The fourth-order valence-corrected chi connectivity index (χ4v) is 7.15. The van der Waals surface area contributed by atoms with Crippen LogP contribution in [0.1, 0.15) is 30.4 Å². The molecule has 3 fully saturated rings. The minimum atomic E-state index is 0.00233. The molecule has 3 unspecified atom stereocenters. The summed E-state index contributed by atoms with van der Waals surface area (Å²) in [6.45, 7) is 4.32. The monoisotopic (exact) mass is 505 g/mol. The predicted octanol–water partition coefficient (Wildman–Crippen LogP) is 4.12. The molecule has 2 aromatic rings. The maximum Gasteiger partial charge on any atom is 0.260 e. The van der Waals surface area contributed by atoms with E-state index >= 15 is 0 Å². The first-order valence-corrected chi connectivity index (χ1v) is 13.7. The van der Waals surface area contributed by atoms with Crippen molar-refractivity contribution in [1.29, 1.82) is 0 Å². The van der Waals surface area contributed by atoms with E-state index in [4.69, 9.17) is 4.74 Å². The highest BCUT2D eigenvalue weighted by atomic mass is 32.2. The normalized spacial score (nSPS) is 26.1. The number of hydrogen-bond donors (Lipinski definition) is 0. The molecule has 5 rings (SSSR count). The van der Waals surface area contributed by atoms with Crippen LogP contribution >= 0.6 is 11.8 Å².